The van der Waals surface area contributed by atoms with Crippen molar-refractivity contribution in [3.63, 3.8) is 0 Å². The number of carbonyl (C=O) groups is 3. The molecule has 314 valence electrons. The Morgan fingerprint density at radius 3 is 1.60 bits per heavy atom. The summed E-state index contributed by atoms with van der Waals surface area (Å²) in [5.41, 5.74) is -8.87. The van der Waals surface area contributed by atoms with Gasteiger partial charge in [0, 0.05) is 23.7 Å². The van der Waals surface area contributed by atoms with Gasteiger partial charge in [-0.3, -0.25) is 14.4 Å². The number of carbonyl (C=O) groups excluding carboxylic acids is 3. The van der Waals surface area contributed by atoms with Crippen LogP contribution < -0.4 is 0 Å². The highest BCUT2D eigenvalue weighted by molar-refractivity contribution is 7.87. The zero-order valence-corrected chi connectivity index (χ0v) is 32.8. The lowest BCUT2D eigenvalue weighted by molar-refractivity contribution is -0.150. The Hall–Kier alpha value is -2.91. The predicted octanol–water partition coefficient (Wildman–Crippen LogP) is 8.99. The largest absolute Gasteiger partial charge is 0.534 e. The minimum atomic E-state index is -5.96. The molecule has 55 heavy (non-hydrogen) atoms. The average molecular weight is 805 g/mol. The molecule has 2 heterocycles. The zero-order valence-electron chi connectivity index (χ0n) is 31.9. The Balaban J connectivity index is 0.000000547. The van der Waals surface area contributed by atoms with E-state index in [1.54, 1.807) is 26.8 Å². The summed E-state index contributed by atoms with van der Waals surface area (Å²) in [6, 6.07) is 0. The van der Waals surface area contributed by atoms with E-state index in [0.29, 0.717) is 32.8 Å². The molecule has 0 spiro atoms. The van der Waals surface area contributed by atoms with Gasteiger partial charge in [0.15, 0.2) is 18.4 Å². The summed E-state index contributed by atoms with van der Waals surface area (Å²) >= 11 is 0. The van der Waals surface area contributed by atoms with Gasteiger partial charge >= 0.3 is 15.6 Å². The lowest BCUT2D eigenvalue weighted by Crippen LogP contribution is -2.48. The maximum atomic E-state index is 13.5. The number of ether oxygens (including phenoxy) is 4. The fraction of sp³-hybridized carbons (Fsp3) is 0.683. The molecule has 0 aromatic rings. The second kappa shape index (κ2) is 19.0. The monoisotopic (exact) mass is 804 g/mol. The minimum absolute atomic E-state index is 0. The van der Waals surface area contributed by atoms with Crippen molar-refractivity contribution >= 4 is 27.5 Å². The zero-order chi connectivity index (χ0) is 40.2. The molecular formula is C41H63F3O10S. The molecule has 14 heteroatoms. The summed E-state index contributed by atoms with van der Waals surface area (Å²) in [6.07, 6.45) is 7.40. The van der Waals surface area contributed by atoms with Crippen LogP contribution >= 0.6 is 0 Å². The summed E-state index contributed by atoms with van der Waals surface area (Å²) < 4.78 is 89.3. The second-order valence-corrected chi connectivity index (χ2v) is 16.8. The summed E-state index contributed by atoms with van der Waals surface area (Å²) in [5, 5.41) is 0. The van der Waals surface area contributed by atoms with Crippen LogP contribution in [0.1, 0.15) is 102 Å². The van der Waals surface area contributed by atoms with Crippen molar-refractivity contribution in [1.29, 1.82) is 0 Å². The van der Waals surface area contributed by atoms with Gasteiger partial charge in [-0.05, 0) is 69.4 Å². The fourth-order valence-electron chi connectivity index (χ4n) is 7.27. The van der Waals surface area contributed by atoms with E-state index in [-0.39, 0.29) is 57.2 Å². The molecule has 0 bridgehead atoms. The molecule has 4 aliphatic rings. The average Bonchev–Trinajstić information content (AvgIpc) is 3.86. The smallest absolute Gasteiger partial charge is 0.379 e. The molecule has 3 fully saturated rings. The molecule has 6 atom stereocenters. The van der Waals surface area contributed by atoms with Crippen LogP contribution in [0, 0.1) is 33.5 Å². The topological polar surface area (TPSA) is 132 Å². The molecule has 4 rings (SSSR count). The van der Waals surface area contributed by atoms with Gasteiger partial charge in [-0.1, -0.05) is 73.4 Å². The van der Waals surface area contributed by atoms with Gasteiger partial charge in [0.1, 0.15) is 17.3 Å². The summed E-state index contributed by atoms with van der Waals surface area (Å²) in [6.45, 7) is 25.2. The van der Waals surface area contributed by atoms with E-state index in [9.17, 15) is 36.0 Å². The molecule has 1 saturated carbocycles. The van der Waals surface area contributed by atoms with Gasteiger partial charge < -0.3 is 23.1 Å². The number of ketones is 3. The van der Waals surface area contributed by atoms with Crippen molar-refractivity contribution in [2.75, 3.05) is 26.4 Å². The number of rotatable bonds is 13. The molecule has 10 nitrogen and oxygen atoms in total. The Morgan fingerprint density at radius 2 is 1.22 bits per heavy atom. The first-order chi connectivity index (χ1) is 24.5. The van der Waals surface area contributed by atoms with E-state index in [0.717, 1.165) is 18.4 Å². The summed E-state index contributed by atoms with van der Waals surface area (Å²) in [4.78, 5) is 39.5. The fourth-order valence-corrected chi connectivity index (χ4v) is 7.87. The van der Waals surface area contributed by atoms with Crippen LogP contribution in [0.4, 0.5) is 13.2 Å². The number of hydrogen-bond donors (Lipinski definition) is 0. The third-order valence-electron chi connectivity index (χ3n) is 11.8. The molecule has 0 unspecified atom stereocenters. The standard InChI is InChI=1S/C20H27F3O6S.C19H28O4.2CH4/c1-6-14-9-8-13(3)19(5,16(14)29-30(25,26)20(21,22)23)15(24)12-18(4,7-2)17-27-10-11-28-17;1-6-14-9-8-13(3)19(5,16(14)21)15(20)12-18(4,7-2)17-22-10-11-23-17;;/h6-7,13,17H,1-2,8-12H2,3-5H3;6-7,13,17H,2,8-12H2,1,3-5H3;2*1H4/b;14-6+;;/t2*13-,18-,19+;;/m11../s1. The van der Waals surface area contributed by atoms with Crippen LogP contribution in [0.5, 0.6) is 0 Å². The van der Waals surface area contributed by atoms with Crippen molar-refractivity contribution < 1.29 is 59.1 Å². The Morgan fingerprint density at radius 1 is 0.818 bits per heavy atom. The molecule has 0 aromatic carbocycles. The molecule has 2 aliphatic carbocycles. The number of alkyl halides is 3. The second-order valence-electron chi connectivity index (χ2n) is 15.2. The first-order valence-corrected chi connectivity index (χ1v) is 19.3. The van der Waals surface area contributed by atoms with Gasteiger partial charge in [0.25, 0.3) is 0 Å². The van der Waals surface area contributed by atoms with E-state index in [2.05, 4.69) is 23.9 Å². The van der Waals surface area contributed by atoms with Crippen molar-refractivity contribution in [2.45, 2.75) is 120 Å². The van der Waals surface area contributed by atoms with Crippen LogP contribution in [-0.4, -0.2) is 70.3 Å². The van der Waals surface area contributed by atoms with Gasteiger partial charge in [0.2, 0.25) is 0 Å². The van der Waals surface area contributed by atoms with Crippen LogP contribution in [0.2, 0.25) is 0 Å². The molecule has 2 aliphatic heterocycles. The van der Waals surface area contributed by atoms with Crippen LogP contribution in [-0.2, 0) is 47.6 Å². The lowest BCUT2D eigenvalue weighted by Gasteiger charge is -2.42. The van der Waals surface area contributed by atoms with Crippen molar-refractivity contribution in [2.24, 2.45) is 33.5 Å². The van der Waals surface area contributed by atoms with E-state index in [1.165, 1.54) is 19.1 Å². The van der Waals surface area contributed by atoms with Crippen molar-refractivity contribution in [3.05, 3.63) is 60.9 Å². The van der Waals surface area contributed by atoms with Gasteiger partial charge in [0.05, 0.1) is 37.3 Å². The van der Waals surface area contributed by atoms with Gasteiger partial charge in [-0.25, -0.2) is 0 Å². The highest BCUT2D eigenvalue weighted by Gasteiger charge is 2.56. The summed E-state index contributed by atoms with van der Waals surface area (Å²) in [7, 11) is -5.96. The minimum Gasteiger partial charge on any atom is -0.379 e. The molecule has 2 saturated heterocycles. The van der Waals surface area contributed by atoms with E-state index in [4.69, 9.17) is 18.9 Å². The number of allylic oxidation sites excluding steroid dienone is 5. The molecule has 0 N–H and O–H groups in total. The number of halogens is 3. The Bertz CT molecular complexity index is 1610. The van der Waals surface area contributed by atoms with E-state index < -0.39 is 67.3 Å². The lowest BCUT2D eigenvalue weighted by atomic mass is 9.61. The quantitative estimate of drug-likeness (QED) is 0.0585. The SMILES string of the molecule is C.C.C=CC1=C(OS(=O)(=O)C(F)(F)F)[C@](C)(C(=O)C[C@@](C)(C=C)C2OCCO2)[C@H](C)CC1.C=C[C@](C)(CC(=O)[C@@]1(C)C(=O)/C(=C/C)CC[C@H]1C)C1OCCO1. The molecule has 0 amide bonds. The maximum absolute atomic E-state index is 13.5. The molecular weight excluding hydrogens is 742 g/mol. The number of hydrogen-bond acceptors (Lipinski definition) is 10. The third kappa shape index (κ3) is 9.98. The van der Waals surface area contributed by atoms with Crippen LogP contribution in [0.3, 0.4) is 0 Å². The van der Waals surface area contributed by atoms with Crippen molar-refractivity contribution in [3.8, 4) is 0 Å². The highest BCUT2D eigenvalue weighted by atomic mass is 32.2. The predicted molar refractivity (Wildman–Crippen MR) is 206 cm³/mol. The molecule has 0 radical (unpaired) electrons. The maximum Gasteiger partial charge on any atom is 0.534 e. The Kier molecular flexibility index (Phi) is 17.3. The van der Waals surface area contributed by atoms with Crippen LogP contribution in [0.15, 0.2) is 60.9 Å². The normalized spacial score (nSPS) is 29.4. The summed E-state index contributed by atoms with van der Waals surface area (Å²) in [5.74, 6) is -1.54. The van der Waals surface area contributed by atoms with Crippen LogP contribution in [0.25, 0.3) is 0 Å². The number of Topliss-reactive ketones (excluding diaryl/α,β-unsaturated/α-hetero) is 3. The first kappa shape index (κ1) is 50.1. The van der Waals surface area contributed by atoms with E-state index in [1.807, 2.05) is 26.8 Å². The van der Waals surface area contributed by atoms with E-state index >= 15 is 0 Å². The first-order valence-electron chi connectivity index (χ1n) is 17.9. The van der Waals surface area contributed by atoms with Crippen molar-refractivity contribution in [1.82, 2.24) is 0 Å². The molecule has 0 aromatic heterocycles. The third-order valence-corrected chi connectivity index (χ3v) is 12.7. The Labute approximate surface area is 326 Å². The highest BCUT2D eigenvalue weighted by Crippen LogP contribution is 2.51. The van der Waals surface area contributed by atoms with Gasteiger partial charge in [-0.2, -0.15) is 21.6 Å². The van der Waals surface area contributed by atoms with Gasteiger partial charge in [-0.15, -0.1) is 13.2 Å².